The van der Waals surface area contributed by atoms with E-state index >= 15 is 0 Å². The molecule has 0 atom stereocenters. The molecule has 0 aliphatic carbocycles. The monoisotopic (exact) mass is 391 g/mol. The zero-order valence-electron chi connectivity index (χ0n) is 13.7. The molecule has 0 fully saturated rings. The maximum atomic E-state index is 12.0. The van der Waals surface area contributed by atoms with Crippen LogP contribution in [0.15, 0.2) is 29.6 Å². The summed E-state index contributed by atoms with van der Waals surface area (Å²) in [5.41, 5.74) is 1.51. The summed E-state index contributed by atoms with van der Waals surface area (Å²) in [6.07, 6.45) is 0. The number of aromatic nitrogens is 1. The Morgan fingerprint density at radius 1 is 1.29 bits per heavy atom. The number of halogens is 2. The van der Waals surface area contributed by atoms with Crippen molar-refractivity contribution in [2.75, 3.05) is 19.6 Å². The van der Waals surface area contributed by atoms with Crippen LogP contribution >= 0.6 is 36.2 Å². The van der Waals surface area contributed by atoms with E-state index in [1.165, 1.54) is 0 Å². The summed E-state index contributed by atoms with van der Waals surface area (Å²) < 4.78 is 5.69. The number of nitrogens with zero attached hydrogens (tertiary/aromatic N) is 1. The molecule has 134 valence electrons. The molecule has 1 heterocycles. The average Bonchev–Trinajstić information content (AvgIpc) is 2.95. The number of thiazole rings is 1. The van der Waals surface area contributed by atoms with E-state index in [1.54, 1.807) is 23.5 Å². The highest BCUT2D eigenvalue weighted by Crippen LogP contribution is 2.16. The maximum Gasteiger partial charge on any atom is 0.251 e. The first-order chi connectivity index (χ1) is 10.7. The van der Waals surface area contributed by atoms with E-state index in [1.807, 2.05) is 31.4 Å². The molecule has 0 spiro atoms. The van der Waals surface area contributed by atoms with Gasteiger partial charge in [-0.1, -0.05) is 13.0 Å². The molecule has 1 amide bonds. The lowest BCUT2D eigenvalue weighted by atomic mass is 10.2. The van der Waals surface area contributed by atoms with Crippen LogP contribution in [-0.2, 0) is 6.61 Å². The van der Waals surface area contributed by atoms with Gasteiger partial charge in [-0.2, -0.15) is 0 Å². The van der Waals surface area contributed by atoms with Gasteiger partial charge in [0.15, 0.2) is 0 Å². The Balaban J connectivity index is 0.00000264. The van der Waals surface area contributed by atoms with Crippen LogP contribution in [0.3, 0.4) is 0 Å². The molecule has 0 radical (unpaired) electrons. The average molecular weight is 392 g/mol. The highest BCUT2D eigenvalue weighted by Gasteiger charge is 2.06. The molecule has 5 nitrogen and oxygen atoms in total. The standard InChI is InChI=1S/C16H21N3O2S.2ClH/c1-3-17-7-8-18-16(20)13-5-4-6-15(9-13)21-10-14-11-22-12(2)19-14;;/h4-6,9,11,17H,3,7-8,10H2,1-2H3,(H,18,20);2*1H. The van der Waals surface area contributed by atoms with Crippen molar-refractivity contribution < 1.29 is 9.53 Å². The van der Waals surface area contributed by atoms with Gasteiger partial charge < -0.3 is 15.4 Å². The first-order valence-corrected chi connectivity index (χ1v) is 8.19. The van der Waals surface area contributed by atoms with Gasteiger partial charge in [0.05, 0.1) is 10.7 Å². The van der Waals surface area contributed by atoms with E-state index in [0.29, 0.717) is 24.5 Å². The lowest BCUT2D eigenvalue weighted by Crippen LogP contribution is -2.31. The molecule has 1 aromatic carbocycles. The number of hydrogen-bond donors (Lipinski definition) is 2. The Morgan fingerprint density at radius 3 is 2.75 bits per heavy atom. The minimum absolute atomic E-state index is 0. The van der Waals surface area contributed by atoms with Crippen LogP contribution in [-0.4, -0.2) is 30.5 Å². The van der Waals surface area contributed by atoms with Crippen LogP contribution < -0.4 is 15.4 Å². The molecule has 8 heteroatoms. The van der Waals surface area contributed by atoms with Gasteiger partial charge in [-0.3, -0.25) is 4.79 Å². The van der Waals surface area contributed by atoms with Gasteiger partial charge in [-0.25, -0.2) is 4.98 Å². The third-order valence-corrected chi connectivity index (χ3v) is 3.81. The topological polar surface area (TPSA) is 63.2 Å². The van der Waals surface area contributed by atoms with Crippen molar-refractivity contribution in [3.05, 3.63) is 45.9 Å². The Kier molecular flexibility index (Phi) is 11.4. The fourth-order valence-electron chi connectivity index (χ4n) is 1.90. The quantitative estimate of drug-likeness (QED) is 0.678. The van der Waals surface area contributed by atoms with E-state index < -0.39 is 0 Å². The minimum atomic E-state index is -0.0899. The zero-order valence-corrected chi connectivity index (χ0v) is 16.2. The number of aryl methyl sites for hydroxylation is 1. The number of rotatable bonds is 8. The summed E-state index contributed by atoms with van der Waals surface area (Å²) >= 11 is 1.60. The predicted molar refractivity (Wildman–Crippen MR) is 103 cm³/mol. The number of hydrogen-bond acceptors (Lipinski definition) is 5. The van der Waals surface area contributed by atoms with Gasteiger partial charge in [0.25, 0.3) is 5.91 Å². The van der Waals surface area contributed by atoms with Crippen LogP contribution in [0, 0.1) is 6.92 Å². The molecule has 2 aromatic rings. The normalized spacial score (nSPS) is 9.58. The molecule has 0 aliphatic rings. The second-order valence-electron chi connectivity index (χ2n) is 4.78. The summed E-state index contributed by atoms with van der Waals surface area (Å²) in [5, 5.41) is 9.03. The highest BCUT2D eigenvalue weighted by atomic mass is 35.5. The van der Waals surface area contributed by atoms with E-state index in [2.05, 4.69) is 15.6 Å². The van der Waals surface area contributed by atoms with E-state index in [4.69, 9.17) is 4.74 Å². The molecule has 0 unspecified atom stereocenters. The molecule has 2 rings (SSSR count). The van der Waals surface area contributed by atoms with Gasteiger partial charge in [-0.15, -0.1) is 36.2 Å². The summed E-state index contributed by atoms with van der Waals surface area (Å²) in [5.74, 6) is 0.581. The highest BCUT2D eigenvalue weighted by molar-refractivity contribution is 7.09. The second kappa shape index (κ2) is 12.1. The number of carbonyl (C=O) groups excluding carboxylic acids is 1. The minimum Gasteiger partial charge on any atom is -0.487 e. The van der Waals surface area contributed by atoms with Crippen molar-refractivity contribution >= 4 is 42.1 Å². The summed E-state index contributed by atoms with van der Waals surface area (Å²) in [4.78, 5) is 16.4. The van der Waals surface area contributed by atoms with E-state index in [0.717, 1.165) is 23.8 Å². The first kappa shape index (κ1) is 22.7. The van der Waals surface area contributed by atoms with Crippen LogP contribution in [0.25, 0.3) is 0 Å². The van der Waals surface area contributed by atoms with Crippen molar-refractivity contribution in [1.82, 2.24) is 15.6 Å². The number of carbonyl (C=O) groups is 1. The van der Waals surface area contributed by atoms with Crippen LogP contribution in [0.4, 0.5) is 0 Å². The Labute approximate surface area is 159 Å². The Hall–Kier alpha value is -1.34. The van der Waals surface area contributed by atoms with Gasteiger partial charge in [-0.05, 0) is 31.7 Å². The van der Waals surface area contributed by atoms with Crippen molar-refractivity contribution in [1.29, 1.82) is 0 Å². The molecular formula is C16H23Cl2N3O2S. The van der Waals surface area contributed by atoms with Crippen molar-refractivity contribution in [2.24, 2.45) is 0 Å². The van der Waals surface area contributed by atoms with E-state index in [-0.39, 0.29) is 30.7 Å². The second-order valence-corrected chi connectivity index (χ2v) is 5.85. The maximum absolute atomic E-state index is 12.0. The van der Waals surface area contributed by atoms with Crippen LogP contribution in [0.5, 0.6) is 5.75 Å². The van der Waals surface area contributed by atoms with E-state index in [9.17, 15) is 4.79 Å². The number of ether oxygens (including phenoxy) is 1. The smallest absolute Gasteiger partial charge is 0.251 e. The molecule has 0 saturated carbocycles. The summed E-state index contributed by atoms with van der Waals surface area (Å²) in [7, 11) is 0. The SMILES string of the molecule is CCNCCNC(=O)c1cccc(OCc2csc(C)n2)c1.Cl.Cl. The number of likely N-dealkylation sites (N-methyl/N-ethyl adjacent to an activating group) is 1. The fourth-order valence-corrected chi connectivity index (χ4v) is 2.50. The molecule has 24 heavy (non-hydrogen) atoms. The number of benzene rings is 1. The number of amides is 1. The third kappa shape index (κ3) is 7.49. The van der Waals surface area contributed by atoms with Crippen molar-refractivity contribution in [3.8, 4) is 5.75 Å². The lowest BCUT2D eigenvalue weighted by molar-refractivity contribution is 0.0953. The van der Waals surface area contributed by atoms with Crippen molar-refractivity contribution in [2.45, 2.75) is 20.5 Å². The predicted octanol–water partition coefficient (Wildman–Crippen LogP) is 3.21. The first-order valence-electron chi connectivity index (χ1n) is 7.32. The van der Waals surface area contributed by atoms with Gasteiger partial charge in [0.1, 0.15) is 12.4 Å². The lowest BCUT2D eigenvalue weighted by Gasteiger charge is -2.08. The molecular weight excluding hydrogens is 369 g/mol. The molecule has 0 bridgehead atoms. The Morgan fingerprint density at radius 2 is 2.08 bits per heavy atom. The molecule has 0 aliphatic heterocycles. The van der Waals surface area contributed by atoms with Crippen molar-refractivity contribution in [3.63, 3.8) is 0 Å². The van der Waals surface area contributed by atoms with Crippen LogP contribution in [0.2, 0.25) is 0 Å². The van der Waals surface area contributed by atoms with Crippen LogP contribution in [0.1, 0.15) is 28.0 Å². The number of nitrogens with one attached hydrogen (secondary N) is 2. The van der Waals surface area contributed by atoms with Gasteiger partial charge >= 0.3 is 0 Å². The molecule has 0 saturated heterocycles. The summed E-state index contributed by atoms with van der Waals surface area (Å²) in [6.45, 7) is 6.68. The third-order valence-electron chi connectivity index (χ3n) is 2.99. The molecule has 1 aromatic heterocycles. The fraction of sp³-hybridized carbons (Fsp3) is 0.375. The summed E-state index contributed by atoms with van der Waals surface area (Å²) in [6, 6.07) is 7.19. The van der Waals surface area contributed by atoms with Gasteiger partial charge in [0, 0.05) is 24.0 Å². The van der Waals surface area contributed by atoms with Gasteiger partial charge in [0.2, 0.25) is 0 Å². The largest absolute Gasteiger partial charge is 0.487 e. The zero-order chi connectivity index (χ0) is 15.8. The molecule has 2 N–H and O–H groups in total. The Bertz CT molecular complexity index is 623.